The Balaban J connectivity index is 1.92. The second-order valence-corrected chi connectivity index (χ2v) is 9.47. The predicted octanol–water partition coefficient (Wildman–Crippen LogP) is 4.03. The Labute approximate surface area is 214 Å². The van der Waals surface area contributed by atoms with Crippen LogP contribution >= 0.6 is 0 Å². The molecule has 1 saturated heterocycles. The minimum absolute atomic E-state index is 0.295. The zero-order chi connectivity index (χ0) is 26.6. The maximum absolute atomic E-state index is 12.7. The number of amides is 3. The third kappa shape index (κ3) is 8.66. The van der Waals surface area contributed by atoms with Crippen LogP contribution < -0.4 is 16.0 Å². The Kier molecular flexibility index (Phi) is 10.9. The van der Waals surface area contributed by atoms with E-state index < -0.39 is 11.7 Å². The number of imide groups is 1. The lowest BCUT2D eigenvalue weighted by molar-refractivity contribution is -0.820. The van der Waals surface area contributed by atoms with Crippen LogP contribution in [0.4, 0.5) is 21.4 Å². The van der Waals surface area contributed by atoms with Crippen molar-refractivity contribution in [3.8, 4) is 11.8 Å². The van der Waals surface area contributed by atoms with Gasteiger partial charge >= 0.3 is 12.1 Å². The molecule has 3 N–H and O–H groups in total. The zero-order valence-corrected chi connectivity index (χ0v) is 21.9. The van der Waals surface area contributed by atoms with Gasteiger partial charge in [0.2, 0.25) is 5.95 Å². The number of nitrogens with zero attached hydrogens (tertiary/aromatic N) is 3. The number of methoxy groups -OCH3 is 1. The fraction of sp³-hybridized carbons (Fsp3) is 0.538. The molecule has 1 aromatic rings. The molecule has 0 aromatic carbocycles. The molecule has 2 heterocycles. The largest absolute Gasteiger partial charge is 0.525 e. The molecule has 196 valence electrons. The van der Waals surface area contributed by atoms with Crippen LogP contribution in [-0.2, 0) is 9.47 Å². The lowest BCUT2D eigenvalue weighted by Gasteiger charge is -2.39. The van der Waals surface area contributed by atoms with Crippen LogP contribution in [0, 0.1) is 11.8 Å². The molecule has 2 rings (SSSR count). The van der Waals surface area contributed by atoms with Crippen LogP contribution in [0.2, 0.25) is 0 Å². The van der Waals surface area contributed by atoms with Gasteiger partial charge in [0.25, 0.3) is 0 Å². The molecule has 3 amide bonds. The Hall–Kier alpha value is -3.42. The minimum Gasteiger partial charge on any atom is -0.414 e. The van der Waals surface area contributed by atoms with E-state index in [1.807, 2.05) is 0 Å². The highest BCUT2D eigenvalue weighted by atomic mass is 16.6. The third-order valence-electron chi connectivity index (χ3n) is 5.31. The van der Waals surface area contributed by atoms with Crippen molar-refractivity contribution in [2.75, 3.05) is 50.5 Å². The number of hydrogen-bond donors (Lipinski definition) is 3. The molecule has 0 radical (unpaired) electrons. The van der Waals surface area contributed by atoms with Crippen LogP contribution in [0.25, 0.3) is 0 Å². The predicted molar refractivity (Wildman–Crippen MR) is 140 cm³/mol. The molecule has 0 saturated carbocycles. The summed E-state index contributed by atoms with van der Waals surface area (Å²) < 4.78 is 10.3. The van der Waals surface area contributed by atoms with Gasteiger partial charge in [-0.1, -0.05) is 25.0 Å². The number of rotatable bonds is 11. The van der Waals surface area contributed by atoms with Crippen LogP contribution in [0.5, 0.6) is 0 Å². The average molecular weight is 500 g/mol. The summed E-state index contributed by atoms with van der Waals surface area (Å²) in [7, 11) is 1.66. The first-order chi connectivity index (χ1) is 17.1. The number of unbranched alkanes of at least 4 members (excludes halogenated alkanes) is 1. The standard InChI is InChI=1S/C26H38N6O4/c1-7-20(2)30-23-29-19-21(22(31-23)27-15-11-18-35-6)13-9-8-10-14-28-24(33)32(16-12-17-32)25(34)36-26(3,4)5/h7,19H,1-2,8,10-12,14-18H2,3-6H3,(H2-,27,28,29,30,31,33)/p+1. The quantitative estimate of drug-likeness (QED) is 0.181. The monoisotopic (exact) mass is 499 g/mol. The van der Waals surface area contributed by atoms with Gasteiger partial charge in [0.15, 0.2) is 0 Å². The van der Waals surface area contributed by atoms with Crippen LogP contribution in [0.15, 0.2) is 31.1 Å². The Morgan fingerprint density at radius 1 is 1.25 bits per heavy atom. The summed E-state index contributed by atoms with van der Waals surface area (Å²) in [5, 5.41) is 9.11. The van der Waals surface area contributed by atoms with Gasteiger partial charge < -0.3 is 25.4 Å². The van der Waals surface area contributed by atoms with Crippen molar-refractivity contribution in [3.05, 3.63) is 36.7 Å². The van der Waals surface area contributed by atoms with Gasteiger partial charge in [-0.3, -0.25) is 0 Å². The smallest absolute Gasteiger partial charge is 0.414 e. The van der Waals surface area contributed by atoms with Crippen molar-refractivity contribution in [2.45, 2.75) is 52.1 Å². The summed E-state index contributed by atoms with van der Waals surface area (Å²) in [4.78, 5) is 34.1. The van der Waals surface area contributed by atoms with E-state index in [-0.39, 0.29) is 10.5 Å². The number of nitrogens with one attached hydrogen (secondary N) is 3. The number of carbonyl (C=O) groups is 2. The highest BCUT2D eigenvalue weighted by Crippen LogP contribution is 2.25. The number of carbonyl (C=O) groups excluding carboxylic acids is 2. The summed E-state index contributed by atoms with van der Waals surface area (Å²) in [5.41, 5.74) is 0.625. The number of ether oxygens (including phenoxy) is 2. The van der Waals surface area contributed by atoms with E-state index in [1.165, 1.54) is 0 Å². The van der Waals surface area contributed by atoms with E-state index in [1.54, 1.807) is 40.2 Å². The van der Waals surface area contributed by atoms with Crippen LogP contribution in [-0.4, -0.2) is 72.1 Å². The molecule has 0 spiro atoms. The number of aromatic nitrogens is 2. The van der Waals surface area contributed by atoms with E-state index in [4.69, 9.17) is 9.47 Å². The molecule has 1 aromatic heterocycles. The number of likely N-dealkylation sites (tertiary alicyclic amines) is 1. The van der Waals surface area contributed by atoms with Crippen molar-refractivity contribution < 1.29 is 23.5 Å². The SMILES string of the molecule is C=CC(=C)Nc1ncc(C#CCCCNC(=O)[N+]2(C(=O)OC(C)(C)C)CCC2)c(NCCCOC)n1. The maximum atomic E-state index is 12.7. The topological polar surface area (TPSA) is 114 Å². The molecule has 1 aliphatic rings. The van der Waals surface area contributed by atoms with E-state index in [0.717, 1.165) is 12.8 Å². The van der Waals surface area contributed by atoms with Crippen molar-refractivity contribution in [2.24, 2.45) is 0 Å². The minimum atomic E-state index is -0.636. The molecule has 10 nitrogen and oxygen atoms in total. The van der Waals surface area contributed by atoms with Crippen molar-refractivity contribution in [1.29, 1.82) is 0 Å². The van der Waals surface area contributed by atoms with Gasteiger partial charge in [0.1, 0.15) is 24.5 Å². The Bertz CT molecular complexity index is 1000. The molecule has 0 unspecified atom stereocenters. The maximum Gasteiger partial charge on any atom is 0.525 e. The highest BCUT2D eigenvalue weighted by Gasteiger charge is 2.53. The first-order valence-corrected chi connectivity index (χ1v) is 12.2. The van der Waals surface area contributed by atoms with E-state index >= 15 is 0 Å². The lowest BCUT2D eigenvalue weighted by Crippen LogP contribution is -2.68. The van der Waals surface area contributed by atoms with Crippen LogP contribution in [0.3, 0.4) is 0 Å². The Morgan fingerprint density at radius 3 is 2.61 bits per heavy atom. The van der Waals surface area contributed by atoms with E-state index in [9.17, 15) is 9.59 Å². The molecule has 0 aliphatic carbocycles. The summed E-state index contributed by atoms with van der Waals surface area (Å²) >= 11 is 0. The van der Waals surface area contributed by atoms with E-state index in [0.29, 0.717) is 68.7 Å². The molecular weight excluding hydrogens is 460 g/mol. The molecule has 1 fully saturated rings. The van der Waals surface area contributed by atoms with Crippen LogP contribution in [0.1, 0.15) is 52.0 Å². The van der Waals surface area contributed by atoms with Gasteiger partial charge in [-0.05, 0) is 39.7 Å². The zero-order valence-electron chi connectivity index (χ0n) is 21.9. The summed E-state index contributed by atoms with van der Waals surface area (Å²) in [5.74, 6) is 7.23. The molecule has 10 heteroatoms. The average Bonchev–Trinajstić information content (AvgIpc) is 2.78. The molecule has 0 atom stereocenters. The van der Waals surface area contributed by atoms with Crippen molar-refractivity contribution >= 4 is 23.9 Å². The van der Waals surface area contributed by atoms with Crippen molar-refractivity contribution in [3.63, 3.8) is 0 Å². The van der Waals surface area contributed by atoms with Crippen molar-refractivity contribution in [1.82, 2.24) is 15.3 Å². The Morgan fingerprint density at radius 2 is 2.00 bits per heavy atom. The second kappa shape index (κ2) is 13.6. The van der Waals surface area contributed by atoms with Gasteiger partial charge in [-0.2, -0.15) is 9.78 Å². The highest BCUT2D eigenvalue weighted by molar-refractivity contribution is 5.80. The number of anilines is 2. The first-order valence-electron chi connectivity index (χ1n) is 12.2. The molecule has 0 bridgehead atoms. The van der Waals surface area contributed by atoms with Gasteiger partial charge in [0, 0.05) is 45.3 Å². The lowest BCUT2D eigenvalue weighted by atomic mass is 10.1. The molecule has 1 aliphatic heterocycles. The number of quaternary nitrogens is 1. The molecule has 36 heavy (non-hydrogen) atoms. The second-order valence-electron chi connectivity index (χ2n) is 9.47. The fourth-order valence-electron chi connectivity index (χ4n) is 3.26. The number of hydrogen-bond acceptors (Lipinski definition) is 8. The summed E-state index contributed by atoms with van der Waals surface area (Å²) in [6.45, 7) is 15.5. The number of urea groups is 1. The first kappa shape index (κ1) is 28.8. The number of allylic oxidation sites excluding steroid dienone is 1. The van der Waals surface area contributed by atoms with Gasteiger partial charge in [-0.25, -0.2) is 9.78 Å². The van der Waals surface area contributed by atoms with Gasteiger partial charge in [0.05, 0.1) is 11.8 Å². The van der Waals surface area contributed by atoms with Gasteiger partial charge in [-0.15, -0.1) is 4.48 Å². The fourth-order valence-corrected chi connectivity index (χ4v) is 3.26. The summed E-state index contributed by atoms with van der Waals surface area (Å²) in [6.07, 6.45) is 5.58. The van der Waals surface area contributed by atoms with E-state index in [2.05, 4.69) is 50.9 Å². The molecular formula is C26H39N6O4+. The summed E-state index contributed by atoms with van der Waals surface area (Å²) in [6, 6.07) is -0.316. The third-order valence-corrected chi connectivity index (χ3v) is 5.31. The normalized spacial score (nSPS) is 13.9.